The molecule has 0 radical (unpaired) electrons. The zero-order valence-corrected chi connectivity index (χ0v) is 26.1. The lowest BCUT2D eigenvalue weighted by atomic mass is 9.74. The van der Waals surface area contributed by atoms with Crippen molar-refractivity contribution >= 4 is 34.7 Å². The van der Waals surface area contributed by atoms with Gasteiger partial charge in [-0.1, -0.05) is 30.3 Å². The number of benzene rings is 3. The van der Waals surface area contributed by atoms with Crippen molar-refractivity contribution in [2.24, 2.45) is 0 Å². The fourth-order valence-electron chi connectivity index (χ4n) is 5.17. The van der Waals surface area contributed by atoms with E-state index in [0.29, 0.717) is 42.6 Å². The van der Waals surface area contributed by atoms with Gasteiger partial charge >= 0.3 is 6.09 Å². The Balaban J connectivity index is 1.42. The van der Waals surface area contributed by atoms with E-state index >= 15 is 0 Å². The quantitative estimate of drug-likeness (QED) is 0.208. The fraction of sp³-hybridized carbons (Fsp3) is 0.324. The zero-order chi connectivity index (χ0) is 31.3. The molecule has 3 aromatic carbocycles. The van der Waals surface area contributed by atoms with Crippen molar-refractivity contribution in [3.05, 3.63) is 94.1 Å². The predicted octanol–water partition coefficient (Wildman–Crippen LogP) is 8.04. The molecule has 0 aliphatic carbocycles. The summed E-state index contributed by atoms with van der Waals surface area (Å²) < 4.78 is 30.3. The van der Waals surface area contributed by atoms with E-state index in [0.717, 1.165) is 34.5 Å². The summed E-state index contributed by atoms with van der Waals surface area (Å²) in [6.07, 6.45) is 0.893. The van der Waals surface area contributed by atoms with Crippen molar-refractivity contribution in [3.63, 3.8) is 0 Å². The number of rotatable bonds is 8. The number of hydrogen-bond acceptors (Lipinski definition) is 7. The second-order valence-electron chi connectivity index (χ2n) is 11.5. The number of carbonyl (C=O) groups is 2. The third-order valence-electron chi connectivity index (χ3n) is 7.31. The van der Waals surface area contributed by atoms with Gasteiger partial charge in [-0.2, -0.15) is 0 Å². The average molecular weight is 618 g/mol. The van der Waals surface area contributed by atoms with E-state index in [1.165, 1.54) is 12.1 Å². The maximum atomic E-state index is 13.6. The number of aromatic nitrogens is 1. The molecule has 10 heteroatoms. The summed E-state index contributed by atoms with van der Waals surface area (Å²) in [5.41, 5.74) is 2.70. The van der Waals surface area contributed by atoms with E-state index in [9.17, 15) is 14.0 Å². The summed E-state index contributed by atoms with van der Waals surface area (Å²) >= 11 is 1.58. The Bertz CT molecular complexity index is 1610. The molecule has 1 aromatic heterocycles. The molecule has 0 atom stereocenters. The van der Waals surface area contributed by atoms with Crippen molar-refractivity contribution in [3.8, 4) is 17.0 Å². The van der Waals surface area contributed by atoms with Gasteiger partial charge in [0.05, 0.1) is 28.8 Å². The van der Waals surface area contributed by atoms with Crippen LogP contribution < -0.4 is 15.4 Å². The number of nitrogens with one attached hydrogen (secondary N) is 2. The molecule has 8 nitrogen and oxygen atoms in total. The average Bonchev–Trinajstić information content (AvgIpc) is 3.47. The normalized spacial score (nSPS) is 14.5. The lowest BCUT2D eigenvalue weighted by Gasteiger charge is -2.36. The highest BCUT2D eigenvalue weighted by atomic mass is 32.1. The number of nitrogens with zero attached hydrogens (tertiary/aromatic N) is 1. The van der Waals surface area contributed by atoms with Crippen molar-refractivity contribution in [2.45, 2.75) is 51.6 Å². The van der Waals surface area contributed by atoms with Crippen molar-refractivity contribution in [1.82, 2.24) is 4.98 Å². The van der Waals surface area contributed by atoms with Gasteiger partial charge in [-0.25, -0.2) is 14.2 Å². The first-order valence-corrected chi connectivity index (χ1v) is 15.4. The lowest BCUT2D eigenvalue weighted by Crippen LogP contribution is -2.35. The Morgan fingerprint density at radius 1 is 0.955 bits per heavy atom. The van der Waals surface area contributed by atoms with Crippen LogP contribution in [-0.2, 0) is 14.9 Å². The highest BCUT2D eigenvalue weighted by Gasteiger charge is 2.39. The number of hydrogen-bond donors (Lipinski definition) is 2. The summed E-state index contributed by atoms with van der Waals surface area (Å²) in [6.45, 7) is 9.02. The minimum Gasteiger partial charge on any atom is -0.477 e. The van der Waals surface area contributed by atoms with Gasteiger partial charge < -0.3 is 19.5 Å². The molecule has 0 bridgehead atoms. The maximum absolute atomic E-state index is 13.6. The minimum atomic E-state index is -0.700. The van der Waals surface area contributed by atoms with Gasteiger partial charge in [0.25, 0.3) is 5.91 Å². The summed E-state index contributed by atoms with van der Waals surface area (Å²) in [6, 6.07) is 18.8. The monoisotopic (exact) mass is 617 g/mol. The van der Waals surface area contributed by atoms with E-state index in [1.54, 1.807) is 74.6 Å². The number of anilines is 2. The van der Waals surface area contributed by atoms with Gasteiger partial charge in [0.15, 0.2) is 0 Å². The van der Waals surface area contributed by atoms with Crippen LogP contribution in [0, 0.1) is 5.82 Å². The number of amides is 2. The predicted molar refractivity (Wildman–Crippen MR) is 170 cm³/mol. The second-order valence-corrected chi connectivity index (χ2v) is 12.4. The van der Waals surface area contributed by atoms with Crippen LogP contribution in [0.4, 0.5) is 20.6 Å². The number of halogens is 1. The smallest absolute Gasteiger partial charge is 0.412 e. The lowest BCUT2D eigenvalue weighted by molar-refractivity contribution is 0.0627. The Hall–Kier alpha value is -4.28. The van der Waals surface area contributed by atoms with Gasteiger partial charge in [-0.15, -0.1) is 11.3 Å². The van der Waals surface area contributed by atoms with Crippen molar-refractivity contribution in [1.29, 1.82) is 0 Å². The van der Waals surface area contributed by atoms with Crippen LogP contribution in [0.25, 0.3) is 11.1 Å². The fourth-order valence-corrected chi connectivity index (χ4v) is 6.19. The molecule has 0 saturated carbocycles. The minimum absolute atomic E-state index is 0.332. The number of thiazole rings is 1. The molecule has 1 aliphatic heterocycles. The van der Waals surface area contributed by atoms with Crippen molar-refractivity contribution < 1.29 is 28.2 Å². The Morgan fingerprint density at radius 3 is 2.30 bits per heavy atom. The molecule has 2 N–H and O–H groups in total. The van der Waals surface area contributed by atoms with E-state index in [-0.39, 0.29) is 17.1 Å². The summed E-state index contributed by atoms with van der Waals surface area (Å²) in [4.78, 5) is 30.9. The molecular formula is C34H36FN3O5S. The first-order chi connectivity index (χ1) is 21.1. The van der Waals surface area contributed by atoms with E-state index in [4.69, 9.17) is 19.2 Å². The van der Waals surface area contributed by atoms with Gasteiger partial charge in [-0.05, 0) is 93.6 Å². The molecule has 1 fully saturated rings. The van der Waals surface area contributed by atoms with E-state index < -0.39 is 11.7 Å². The number of ether oxygens (including phenoxy) is 3. The van der Waals surface area contributed by atoms with Crippen LogP contribution in [0.5, 0.6) is 5.88 Å². The van der Waals surface area contributed by atoms with Gasteiger partial charge in [0.2, 0.25) is 5.88 Å². The summed E-state index contributed by atoms with van der Waals surface area (Å²) in [7, 11) is 0. The summed E-state index contributed by atoms with van der Waals surface area (Å²) in [5, 5.41) is 8.58. The van der Waals surface area contributed by atoms with Crippen LogP contribution in [0.1, 0.15) is 61.5 Å². The molecule has 1 saturated heterocycles. The maximum Gasteiger partial charge on any atom is 0.412 e. The van der Waals surface area contributed by atoms with E-state index in [2.05, 4.69) is 10.6 Å². The molecule has 230 valence electrons. The van der Waals surface area contributed by atoms with Gasteiger partial charge in [0, 0.05) is 18.8 Å². The number of carbonyl (C=O) groups excluding carboxylic acids is 2. The van der Waals surface area contributed by atoms with Crippen LogP contribution in [0.3, 0.4) is 0 Å². The molecule has 4 aromatic rings. The Kier molecular flexibility index (Phi) is 9.31. The van der Waals surface area contributed by atoms with Gasteiger partial charge in [0.1, 0.15) is 16.4 Å². The van der Waals surface area contributed by atoms with Crippen LogP contribution in [-0.4, -0.2) is 42.4 Å². The molecule has 1 aliphatic rings. The highest BCUT2D eigenvalue weighted by Crippen LogP contribution is 2.43. The standard InChI is InChI=1S/C34H36FN3O5S/c1-5-42-29-21-44-31(38-29)34(16-18-41-19-17-34)25-11-6-23(7-12-25)30(39)36-28-20-24(22-8-13-26(35)14-9-22)10-15-27(28)37-32(40)43-33(2,3)4/h6-15,20-21H,5,16-19H2,1-4H3,(H,36,39)(H,37,40). The zero-order valence-electron chi connectivity index (χ0n) is 25.2. The molecule has 2 amide bonds. The molecular weight excluding hydrogens is 581 g/mol. The Labute approximate surface area is 260 Å². The SMILES string of the molecule is CCOc1csc(C2(c3ccc(C(=O)Nc4cc(-c5ccc(F)cc5)ccc4NC(=O)OC(C)(C)C)cc3)CCOCC2)n1. The van der Waals surface area contributed by atoms with Crippen molar-refractivity contribution in [2.75, 3.05) is 30.5 Å². The third-order valence-corrected chi connectivity index (χ3v) is 8.34. The highest BCUT2D eigenvalue weighted by molar-refractivity contribution is 7.10. The second kappa shape index (κ2) is 13.2. The van der Waals surface area contributed by atoms with Crippen LogP contribution >= 0.6 is 11.3 Å². The molecule has 2 heterocycles. The molecule has 5 rings (SSSR count). The molecule has 0 unspecified atom stereocenters. The van der Waals surface area contributed by atoms with Crippen LogP contribution in [0.15, 0.2) is 72.1 Å². The molecule has 0 spiro atoms. The first kappa shape index (κ1) is 31.2. The Morgan fingerprint density at radius 2 is 1.64 bits per heavy atom. The van der Waals surface area contributed by atoms with Gasteiger partial charge in [-0.3, -0.25) is 10.1 Å². The topological polar surface area (TPSA) is 98.8 Å². The largest absolute Gasteiger partial charge is 0.477 e. The third kappa shape index (κ3) is 7.26. The molecule has 44 heavy (non-hydrogen) atoms. The summed E-state index contributed by atoms with van der Waals surface area (Å²) in [5.74, 6) is -0.0805. The van der Waals surface area contributed by atoms with Crippen LogP contribution in [0.2, 0.25) is 0 Å². The van der Waals surface area contributed by atoms with E-state index in [1.807, 2.05) is 24.4 Å². The first-order valence-electron chi connectivity index (χ1n) is 14.5.